The Morgan fingerprint density at radius 1 is 0.750 bits per heavy atom. The van der Waals surface area contributed by atoms with E-state index in [4.69, 9.17) is 0 Å². The highest BCUT2D eigenvalue weighted by molar-refractivity contribution is 7.89. The quantitative estimate of drug-likeness (QED) is 0.580. The molecule has 2 fully saturated rings. The highest BCUT2D eigenvalue weighted by atomic mass is 32.2. The summed E-state index contributed by atoms with van der Waals surface area (Å²) < 4.78 is 54.1. The van der Waals surface area contributed by atoms with E-state index in [1.165, 1.54) is 46.0 Å². The monoisotopic (exact) mass is 478 g/mol. The number of rotatable bonds is 6. The second kappa shape index (κ2) is 8.89. The molecule has 0 bridgehead atoms. The Morgan fingerprint density at radius 3 is 1.81 bits per heavy atom. The number of benzene rings is 1. The van der Waals surface area contributed by atoms with E-state index in [1.807, 2.05) is 4.90 Å². The van der Waals surface area contributed by atoms with Gasteiger partial charge in [-0.15, -0.1) is 0 Å². The molecule has 0 spiro atoms. The Labute approximate surface area is 188 Å². The fourth-order valence-electron chi connectivity index (χ4n) is 3.96. The van der Waals surface area contributed by atoms with Crippen molar-refractivity contribution in [2.75, 3.05) is 44.2 Å². The summed E-state index contributed by atoms with van der Waals surface area (Å²) in [6.07, 6.45) is 3.13. The minimum atomic E-state index is -3.66. The first-order valence-electron chi connectivity index (χ1n) is 10.5. The van der Waals surface area contributed by atoms with E-state index in [0.29, 0.717) is 37.6 Å². The number of ketones is 1. The molecule has 0 aliphatic carbocycles. The molecule has 0 amide bonds. The topological polar surface area (TPSA) is 108 Å². The lowest BCUT2D eigenvalue weighted by atomic mass is 10.2. The van der Waals surface area contributed by atoms with Gasteiger partial charge >= 0.3 is 0 Å². The molecule has 2 aromatic rings. The number of Topliss-reactive ketones (excluding diaryl/α,β-unsaturated/α-hetero) is 1. The molecule has 0 saturated carbocycles. The van der Waals surface area contributed by atoms with Crippen molar-refractivity contribution in [3.63, 3.8) is 0 Å². The molecular formula is C21H26N4O5S2. The van der Waals surface area contributed by atoms with Gasteiger partial charge in [0.1, 0.15) is 10.7 Å². The first kappa shape index (κ1) is 22.8. The van der Waals surface area contributed by atoms with Gasteiger partial charge in [0.05, 0.1) is 4.90 Å². The third-order valence-electron chi connectivity index (χ3n) is 5.88. The van der Waals surface area contributed by atoms with Gasteiger partial charge in [-0.2, -0.15) is 8.61 Å². The molecule has 9 nitrogen and oxygen atoms in total. The summed E-state index contributed by atoms with van der Waals surface area (Å²) >= 11 is 0. The molecule has 2 aliphatic rings. The summed E-state index contributed by atoms with van der Waals surface area (Å²) in [6.45, 7) is 3.96. The van der Waals surface area contributed by atoms with Gasteiger partial charge < -0.3 is 4.90 Å². The summed E-state index contributed by atoms with van der Waals surface area (Å²) in [6, 6.07) is 9.20. The van der Waals surface area contributed by atoms with Crippen molar-refractivity contribution in [3.05, 3.63) is 48.2 Å². The lowest BCUT2D eigenvalue weighted by Crippen LogP contribution is -2.48. The molecule has 0 N–H and O–H groups in total. The lowest BCUT2D eigenvalue weighted by Gasteiger charge is -2.34. The molecule has 1 aromatic heterocycles. The van der Waals surface area contributed by atoms with Crippen LogP contribution in [-0.4, -0.2) is 75.5 Å². The van der Waals surface area contributed by atoms with Crippen LogP contribution in [0.15, 0.2) is 52.4 Å². The SMILES string of the molecule is CC(=O)c1ccc(S(=O)(=O)N2CCN(c3ccc(S(=O)(=O)N4CCCC4)cn3)CC2)cc1. The zero-order chi connectivity index (χ0) is 22.9. The zero-order valence-corrected chi connectivity index (χ0v) is 19.5. The number of anilines is 1. The Balaban J connectivity index is 1.41. The van der Waals surface area contributed by atoms with E-state index in [9.17, 15) is 21.6 Å². The number of carbonyl (C=O) groups excluding carboxylic acids is 1. The van der Waals surface area contributed by atoms with Crippen LogP contribution in [0.3, 0.4) is 0 Å². The average molecular weight is 479 g/mol. The van der Waals surface area contributed by atoms with Crippen LogP contribution >= 0.6 is 0 Å². The van der Waals surface area contributed by atoms with Crippen molar-refractivity contribution in [1.82, 2.24) is 13.6 Å². The average Bonchev–Trinajstić information content (AvgIpc) is 3.35. The third kappa shape index (κ3) is 4.42. The number of sulfonamides is 2. The largest absolute Gasteiger partial charge is 0.354 e. The molecule has 2 saturated heterocycles. The Morgan fingerprint density at radius 2 is 1.28 bits per heavy atom. The molecule has 4 rings (SSSR count). The summed E-state index contributed by atoms with van der Waals surface area (Å²) in [5.74, 6) is 0.502. The van der Waals surface area contributed by atoms with Gasteiger partial charge in [0.2, 0.25) is 20.0 Å². The van der Waals surface area contributed by atoms with Crippen LogP contribution in [0.5, 0.6) is 0 Å². The first-order valence-corrected chi connectivity index (χ1v) is 13.4. The molecule has 11 heteroatoms. The number of carbonyl (C=O) groups is 1. The minimum Gasteiger partial charge on any atom is -0.354 e. The van der Waals surface area contributed by atoms with Crippen LogP contribution in [0, 0.1) is 0 Å². The summed E-state index contributed by atoms with van der Waals surface area (Å²) in [5.41, 5.74) is 0.468. The van der Waals surface area contributed by atoms with E-state index in [-0.39, 0.29) is 28.7 Å². The van der Waals surface area contributed by atoms with Gasteiger partial charge in [-0.25, -0.2) is 21.8 Å². The van der Waals surface area contributed by atoms with Crippen molar-refractivity contribution in [3.8, 4) is 0 Å². The summed E-state index contributed by atoms with van der Waals surface area (Å²) in [4.78, 5) is 18.0. The zero-order valence-electron chi connectivity index (χ0n) is 17.8. The van der Waals surface area contributed by atoms with Crippen molar-refractivity contribution in [1.29, 1.82) is 0 Å². The fraction of sp³-hybridized carbons (Fsp3) is 0.429. The van der Waals surface area contributed by atoms with Crippen LogP contribution in [-0.2, 0) is 20.0 Å². The number of piperazine rings is 1. The Hall–Kier alpha value is -2.34. The molecule has 172 valence electrons. The smallest absolute Gasteiger partial charge is 0.244 e. The van der Waals surface area contributed by atoms with Gasteiger partial charge in [0, 0.05) is 51.0 Å². The van der Waals surface area contributed by atoms with Crippen LogP contribution < -0.4 is 4.90 Å². The molecule has 0 atom stereocenters. The maximum atomic E-state index is 12.9. The van der Waals surface area contributed by atoms with E-state index >= 15 is 0 Å². The van der Waals surface area contributed by atoms with Gasteiger partial charge in [-0.1, -0.05) is 12.1 Å². The Bertz CT molecular complexity index is 1180. The second-order valence-corrected chi connectivity index (χ2v) is 11.8. The van der Waals surface area contributed by atoms with Crippen LogP contribution in [0.25, 0.3) is 0 Å². The summed E-state index contributed by atoms with van der Waals surface area (Å²) in [7, 11) is -7.17. The van der Waals surface area contributed by atoms with Crippen LogP contribution in [0.2, 0.25) is 0 Å². The molecule has 32 heavy (non-hydrogen) atoms. The predicted octanol–water partition coefficient (Wildman–Crippen LogP) is 1.58. The molecule has 2 aliphatic heterocycles. The maximum absolute atomic E-state index is 12.9. The van der Waals surface area contributed by atoms with Crippen LogP contribution in [0.4, 0.5) is 5.82 Å². The number of pyridine rings is 1. The van der Waals surface area contributed by atoms with Crippen molar-refractivity contribution >= 4 is 31.6 Å². The number of nitrogens with zero attached hydrogens (tertiary/aromatic N) is 4. The number of aromatic nitrogens is 1. The van der Waals surface area contributed by atoms with Crippen molar-refractivity contribution < 1.29 is 21.6 Å². The molecule has 0 unspecified atom stereocenters. The minimum absolute atomic E-state index is 0.116. The van der Waals surface area contributed by atoms with Gasteiger partial charge in [0.15, 0.2) is 5.78 Å². The number of hydrogen-bond donors (Lipinski definition) is 0. The highest BCUT2D eigenvalue weighted by Crippen LogP contribution is 2.24. The van der Waals surface area contributed by atoms with E-state index in [2.05, 4.69) is 4.98 Å². The Kier molecular flexibility index (Phi) is 6.35. The molecule has 3 heterocycles. The van der Waals surface area contributed by atoms with Crippen molar-refractivity contribution in [2.24, 2.45) is 0 Å². The van der Waals surface area contributed by atoms with Gasteiger partial charge in [0.25, 0.3) is 0 Å². The van der Waals surface area contributed by atoms with E-state index in [1.54, 1.807) is 12.1 Å². The fourth-order valence-corrected chi connectivity index (χ4v) is 6.84. The molecule has 0 radical (unpaired) electrons. The van der Waals surface area contributed by atoms with E-state index in [0.717, 1.165) is 12.8 Å². The highest BCUT2D eigenvalue weighted by Gasteiger charge is 2.30. The van der Waals surface area contributed by atoms with Gasteiger partial charge in [-0.05, 0) is 44.0 Å². The van der Waals surface area contributed by atoms with Gasteiger partial charge in [-0.3, -0.25) is 4.79 Å². The third-order valence-corrected chi connectivity index (χ3v) is 9.68. The molecule has 1 aromatic carbocycles. The maximum Gasteiger partial charge on any atom is 0.244 e. The van der Waals surface area contributed by atoms with E-state index < -0.39 is 20.0 Å². The number of hydrogen-bond acceptors (Lipinski definition) is 7. The molecular weight excluding hydrogens is 452 g/mol. The second-order valence-electron chi connectivity index (χ2n) is 7.93. The first-order chi connectivity index (χ1) is 15.2. The van der Waals surface area contributed by atoms with Crippen molar-refractivity contribution in [2.45, 2.75) is 29.6 Å². The normalized spacial score (nSPS) is 18.7. The summed E-state index contributed by atoms with van der Waals surface area (Å²) in [5, 5.41) is 0. The standard InChI is InChI=1S/C21H26N4O5S2/c1-17(26)18-4-6-19(7-5-18)31(27,28)25-14-12-23(13-15-25)21-9-8-20(16-22-21)32(29,30)24-10-2-3-11-24/h4-9,16H,2-3,10-15H2,1H3. The predicted molar refractivity (Wildman–Crippen MR) is 120 cm³/mol. The van der Waals surface area contributed by atoms with Crippen LogP contribution in [0.1, 0.15) is 30.1 Å². The lowest BCUT2D eigenvalue weighted by molar-refractivity contribution is 0.101.